The molecule has 1 saturated heterocycles. The molecule has 0 aromatic carbocycles. The van der Waals surface area contributed by atoms with Crippen LogP contribution in [0.2, 0.25) is 0 Å². The summed E-state index contributed by atoms with van der Waals surface area (Å²) in [4.78, 5) is 0. The Morgan fingerprint density at radius 1 is 1.55 bits per heavy atom. The molecule has 0 spiro atoms. The van der Waals surface area contributed by atoms with Crippen molar-refractivity contribution >= 4 is 0 Å². The summed E-state index contributed by atoms with van der Waals surface area (Å²) in [5, 5.41) is 24.6. The lowest BCUT2D eigenvalue weighted by Crippen LogP contribution is -2.41. The number of hydrogen-bond donors (Lipinski definition) is 4. The fraction of sp³-hybridized carbons (Fsp3) is 1.00. The molecule has 0 saturated carbocycles. The van der Waals surface area contributed by atoms with Crippen molar-refractivity contribution in [3.63, 3.8) is 0 Å². The Hall–Kier alpha value is -0.160. The Kier molecular flexibility index (Phi) is 3.26. The van der Waals surface area contributed by atoms with Crippen LogP contribution < -0.4 is 10.6 Å². The van der Waals surface area contributed by atoms with E-state index in [1.807, 2.05) is 6.92 Å². The Balaban J connectivity index is 2.24. The number of nitrogens with one attached hydrogen (secondary N) is 2. The molecule has 66 valence electrons. The largest absolute Gasteiger partial charge is 0.389 e. The second kappa shape index (κ2) is 4.01. The highest BCUT2D eigenvalue weighted by Gasteiger charge is 2.31. The maximum atomic E-state index is 9.33. The van der Waals surface area contributed by atoms with Crippen LogP contribution in [-0.4, -0.2) is 48.1 Å². The van der Waals surface area contributed by atoms with E-state index in [4.69, 9.17) is 5.11 Å². The summed E-state index contributed by atoms with van der Waals surface area (Å²) in [6.45, 7) is 4.12. The lowest BCUT2D eigenvalue weighted by atomic mass is 10.1. The van der Waals surface area contributed by atoms with Gasteiger partial charge >= 0.3 is 0 Å². The maximum absolute atomic E-state index is 9.33. The Morgan fingerprint density at radius 3 is 2.73 bits per heavy atom. The zero-order valence-corrected chi connectivity index (χ0v) is 6.75. The molecule has 1 fully saturated rings. The number of aliphatic hydroxyl groups is 2. The molecule has 1 rings (SSSR count). The number of β-amino-alcohol motifs (C(OH)–C–C–N with tert-alkyl or cyclic N) is 1. The van der Waals surface area contributed by atoms with Crippen molar-refractivity contribution in [1.82, 2.24) is 10.6 Å². The van der Waals surface area contributed by atoms with Crippen LogP contribution in [0.5, 0.6) is 0 Å². The third-order valence-corrected chi connectivity index (χ3v) is 2.01. The predicted molar refractivity (Wildman–Crippen MR) is 42.3 cm³/mol. The van der Waals surface area contributed by atoms with Crippen LogP contribution in [0.1, 0.15) is 6.92 Å². The average molecular weight is 160 g/mol. The highest BCUT2D eigenvalue weighted by Crippen LogP contribution is 2.06. The first kappa shape index (κ1) is 8.93. The van der Waals surface area contributed by atoms with Gasteiger partial charge in [0, 0.05) is 19.1 Å². The Labute approximate surface area is 66.6 Å². The number of likely N-dealkylation sites (N-methyl/N-ethyl adjacent to an activating group) is 1. The molecule has 0 radical (unpaired) electrons. The lowest BCUT2D eigenvalue weighted by molar-refractivity contribution is 0.0408. The second-order valence-corrected chi connectivity index (χ2v) is 2.88. The smallest absolute Gasteiger partial charge is 0.0976 e. The van der Waals surface area contributed by atoms with Gasteiger partial charge in [0.15, 0.2) is 0 Å². The molecule has 0 aromatic heterocycles. The fourth-order valence-electron chi connectivity index (χ4n) is 1.27. The van der Waals surface area contributed by atoms with Gasteiger partial charge in [-0.25, -0.2) is 0 Å². The third-order valence-electron chi connectivity index (χ3n) is 2.01. The molecule has 0 aliphatic carbocycles. The Bertz CT molecular complexity index is 121. The highest BCUT2D eigenvalue weighted by atomic mass is 16.3. The third kappa shape index (κ3) is 2.13. The molecule has 4 N–H and O–H groups in total. The van der Waals surface area contributed by atoms with Crippen molar-refractivity contribution in [1.29, 1.82) is 0 Å². The van der Waals surface area contributed by atoms with E-state index in [1.54, 1.807) is 0 Å². The number of rotatable bonds is 3. The van der Waals surface area contributed by atoms with Crippen molar-refractivity contribution in [2.45, 2.75) is 25.2 Å². The van der Waals surface area contributed by atoms with E-state index >= 15 is 0 Å². The minimum absolute atomic E-state index is 0.00458. The molecular weight excluding hydrogens is 144 g/mol. The van der Waals surface area contributed by atoms with Gasteiger partial charge in [0.05, 0.1) is 12.2 Å². The Morgan fingerprint density at radius 2 is 2.27 bits per heavy atom. The second-order valence-electron chi connectivity index (χ2n) is 2.88. The zero-order valence-electron chi connectivity index (χ0n) is 6.75. The van der Waals surface area contributed by atoms with Crippen molar-refractivity contribution in [3.05, 3.63) is 0 Å². The summed E-state index contributed by atoms with van der Waals surface area (Å²) < 4.78 is 0. The minimum Gasteiger partial charge on any atom is -0.389 e. The highest BCUT2D eigenvalue weighted by molar-refractivity contribution is 4.91. The van der Waals surface area contributed by atoms with E-state index in [9.17, 15) is 5.11 Å². The summed E-state index contributed by atoms with van der Waals surface area (Å²) in [5.41, 5.74) is 0. The van der Waals surface area contributed by atoms with Gasteiger partial charge in [-0.1, -0.05) is 6.92 Å². The molecule has 3 atom stereocenters. The molecular formula is C7H16N2O2. The van der Waals surface area contributed by atoms with Gasteiger partial charge in [0.2, 0.25) is 0 Å². The van der Waals surface area contributed by atoms with Crippen LogP contribution in [0.3, 0.4) is 0 Å². The molecule has 0 aromatic rings. The first-order valence-electron chi connectivity index (χ1n) is 4.06. The molecule has 0 unspecified atom stereocenters. The van der Waals surface area contributed by atoms with Crippen molar-refractivity contribution < 1.29 is 10.2 Å². The topological polar surface area (TPSA) is 64.5 Å². The van der Waals surface area contributed by atoms with Gasteiger partial charge < -0.3 is 20.8 Å². The van der Waals surface area contributed by atoms with Gasteiger partial charge in [-0.3, -0.25) is 0 Å². The maximum Gasteiger partial charge on any atom is 0.0976 e. The first-order valence-corrected chi connectivity index (χ1v) is 4.06. The summed E-state index contributed by atoms with van der Waals surface area (Å²) in [7, 11) is 0. The summed E-state index contributed by atoms with van der Waals surface area (Å²) in [6.07, 6.45) is -1.22. The monoisotopic (exact) mass is 160 g/mol. The van der Waals surface area contributed by atoms with Crippen LogP contribution in [0.15, 0.2) is 0 Å². The molecule has 0 bridgehead atoms. The van der Waals surface area contributed by atoms with Gasteiger partial charge in [0.25, 0.3) is 0 Å². The first-order chi connectivity index (χ1) is 5.25. The molecule has 11 heavy (non-hydrogen) atoms. The minimum atomic E-state index is -0.617. The summed E-state index contributed by atoms with van der Waals surface area (Å²) in [6, 6.07) is 0.00458. The van der Waals surface area contributed by atoms with Gasteiger partial charge in [0.1, 0.15) is 0 Å². The molecule has 0 amide bonds. The van der Waals surface area contributed by atoms with Crippen LogP contribution >= 0.6 is 0 Å². The molecule has 1 aliphatic rings. The summed E-state index contributed by atoms with van der Waals surface area (Å²) in [5.74, 6) is 0. The average Bonchev–Trinajstić information content (AvgIpc) is 2.31. The van der Waals surface area contributed by atoms with Crippen molar-refractivity contribution in [3.8, 4) is 0 Å². The van der Waals surface area contributed by atoms with Crippen LogP contribution in [0.4, 0.5) is 0 Å². The van der Waals surface area contributed by atoms with Crippen molar-refractivity contribution in [2.24, 2.45) is 0 Å². The van der Waals surface area contributed by atoms with Crippen LogP contribution in [0.25, 0.3) is 0 Å². The molecule has 4 heteroatoms. The predicted octanol–water partition coefficient (Wildman–Crippen LogP) is -1.71. The summed E-state index contributed by atoms with van der Waals surface area (Å²) >= 11 is 0. The zero-order chi connectivity index (χ0) is 8.27. The standard InChI is InChI=1S/C7H16N2O2/c1-2-8-3-5-7(11)6(10)4-9-5/h5-11H,2-4H2,1H3/t5-,6+,7+/m1/s1. The fourth-order valence-corrected chi connectivity index (χ4v) is 1.27. The molecule has 1 aliphatic heterocycles. The normalized spacial score (nSPS) is 37.9. The SMILES string of the molecule is CCNC[C@H]1NC[C@H](O)[C@H]1O. The van der Waals surface area contributed by atoms with E-state index in [0.29, 0.717) is 13.1 Å². The van der Waals surface area contributed by atoms with Gasteiger partial charge in [-0.05, 0) is 6.54 Å². The number of hydrogen-bond acceptors (Lipinski definition) is 4. The molecule has 4 nitrogen and oxygen atoms in total. The lowest BCUT2D eigenvalue weighted by Gasteiger charge is -2.15. The van der Waals surface area contributed by atoms with Crippen LogP contribution in [-0.2, 0) is 0 Å². The van der Waals surface area contributed by atoms with E-state index < -0.39 is 12.2 Å². The van der Waals surface area contributed by atoms with Crippen LogP contribution in [0, 0.1) is 0 Å². The van der Waals surface area contributed by atoms with E-state index in [-0.39, 0.29) is 6.04 Å². The number of aliphatic hydroxyl groups excluding tert-OH is 2. The molecule has 1 heterocycles. The van der Waals surface area contributed by atoms with E-state index in [2.05, 4.69) is 10.6 Å². The van der Waals surface area contributed by atoms with E-state index in [0.717, 1.165) is 6.54 Å². The van der Waals surface area contributed by atoms with Gasteiger partial charge in [-0.15, -0.1) is 0 Å². The van der Waals surface area contributed by atoms with E-state index in [1.165, 1.54) is 0 Å². The quantitative estimate of drug-likeness (QED) is 0.397. The van der Waals surface area contributed by atoms with Crippen molar-refractivity contribution in [2.75, 3.05) is 19.6 Å². The van der Waals surface area contributed by atoms with Gasteiger partial charge in [-0.2, -0.15) is 0 Å².